The molecule has 1 unspecified atom stereocenters. The van der Waals surface area contributed by atoms with E-state index >= 15 is 0 Å². The first-order valence-electron chi connectivity index (χ1n) is 5.83. The smallest absolute Gasteiger partial charge is 0.334 e. The van der Waals surface area contributed by atoms with Gasteiger partial charge in [-0.2, -0.15) is 0 Å². The van der Waals surface area contributed by atoms with E-state index in [4.69, 9.17) is 40.5 Å². The van der Waals surface area contributed by atoms with Crippen molar-refractivity contribution in [3.8, 4) is 0 Å². The van der Waals surface area contributed by atoms with Crippen LogP contribution in [0.1, 0.15) is 5.56 Å². The lowest BCUT2D eigenvalue weighted by atomic mass is 10.0. The lowest BCUT2D eigenvalue weighted by Crippen LogP contribution is -2.41. The molecule has 2 rings (SSSR count). The molecule has 1 aromatic carbocycles. The number of ether oxygens (including phenoxy) is 1. The number of carbonyl (C=O) groups is 1. The van der Waals surface area contributed by atoms with Gasteiger partial charge in [-0.25, -0.2) is 13.6 Å². The molecule has 0 saturated carbocycles. The number of benzene rings is 1. The van der Waals surface area contributed by atoms with Crippen LogP contribution in [0.15, 0.2) is 28.7 Å². The molecule has 0 spiro atoms. The molecular formula is C13H9Cl3F2N2O2. The van der Waals surface area contributed by atoms with Gasteiger partial charge >= 0.3 is 5.97 Å². The Labute approximate surface area is 139 Å². The van der Waals surface area contributed by atoms with E-state index in [1.54, 1.807) is 0 Å². The highest BCUT2D eigenvalue weighted by atomic mass is 35.5. The Bertz CT molecular complexity index is 719. The summed E-state index contributed by atoms with van der Waals surface area (Å²) in [7, 11) is 1.13. The van der Waals surface area contributed by atoms with Crippen molar-refractivity contribution in [1.82, 2.24) is 5.32 Å². The van der Waals surface area contributed by atoms with Crippen LogP contribution in [0.4, 0.5) is 8.78 Å². The minimum absolute atomic E-state index is 0.0536. The predicted molar refractivity (Wildman–Crippen MR) is 80.5 cm³/mol. The van der Waals surface area contributed by atoms with Gasteiger partial charge in [0.1, 0.15) is 0 Å². The van der Waals surface area contributed by atoms with Crippen molar-refractivity contribution in [2.45, 2.75) is 6.04 Å². The maximum Gasteiger partial charge on any atom is 0.334 e. The second kappa shape index (κ2) is 6.32. The number of hydrogen-bond acceptors (Lipinski definition) is 4. The van der Waals surface area contributed by atoms with Crippen molar-refractivity contribution in [2.24, 2.45) is 5.73 Å². The summed E-state index contributed by atoms with van der Waals surface area (Å²) < 4.78 is 32.6. The number of carbonyl (C=O) groups excluding carboxylic acids is 1. The zero-order chi connectivity index (χ0) is 16.6. The number of rotatable bonds is 2. The summed E-state index contributed by atoms with van der Waals surface area (Å²) in [4.78, 5) is 11.7. The highest BCUT2D eigenvalue weighted by Gasteiger charge is 2.34. The van der Waals surface area contributed by atoms with E-state index < -0.39 is 34.4 Å². The van der Waals surface area contributed by atoms with Gasteiger partial charge in [0.05, 0.1) is 33.6 Å². The third-order valence-corrected chi connectivity index (χ3v) is 4.08. The maximum absolute atomic E-state index is 14.3. The SMILES string of the molecule is COC(=O)C1NC(c2ccc(Cl)c(F)c2Cl)=C(F)C(N)=C1Cl. The molecule has 9 heteroatoms. The topological polar surface area (TPSA) is 64.3 Å². The van der Waals surface area contributed by atoms with E-state index in [0.717, 1.165) is 7.11 Å². The Morgan fingerprint density at radius 3 is 2.55 bits per heavy atom. The molecule has 22 heavy (non-hydrogen) atoms. The average Bonchev–Trinajstić information content (AvgIpc) is 2.51. The standard InChI is InChI=1S/C13H9Cl3F2N2O2/c1-22-13(21)12-7(16)10(19)9(18)11(20-12)4-2-3-5(14)8(17)6(4)15/h2-3,12,20H,19H2,1H3. The molecule has 0 fully saturated rings. The number of dihydropyridines is 1. The fourth-order valence-corrected chi connectivity index (χ4v) is 2.55. The molecule has 1 aliphatic rings. The van der Waals surface area contributed by atoms with Gasteiger partial charge in [-0.1, -0.05) is 34.8 Å². The maximum atomic E-state index is 14.3. The van der Waals surface area contributed by atoms with Crippen molar-refractivity contribution < 1.29 is 18.3 Å². The molecule has 0 radical (unpaired) electrons. The molecule has 4 nitrogen and oxygen atoms in total. The molecular weight excluding hydrogens is 361 g/mol. The van der Waals surface area contributed by atoms with Crippen molar-refractivity contribution in [2.75, 3.05) is 7.11 Å². The first-order chi connectivity index (χ1) is 10.3. The van der Waals surface area contributed by atoms with E-state index in [-0.39, 0.29) is 21.3 Å². The molecule has 0 aromatic heterocycles. The summed E-state index contributed by atoms with van der Waals surface area (Å²) in [6.07, 6.45) is 0. The molecule has 3 N–H and O–H groups in total. The number of allylic oxidation sites excluding steroid dienone is 1. The lowest BCUT2D eigenvalue weighted by molar-refractivity contribution is -0.141. The minimum atomic E-state index is -1.23. The van der Waals surface area contributed by atoms with Gasteiger partial charge in [-0.15, -0.1) is 0 Å². The quantitative estimate of drug-likeness (QED) is 0.620. The van der Waals surface area contributed by atoms with Crippen molar-refractivity contribution in [1.29, 1.82) is 0 Å². The van der Waals surface area contributed by atoms with Crippen LogP contribution in [0.5, 0.6) is 0 Å². The molecule has 1 aromatic rings. The minimum Gasteiger partial charge on any atom is -0.467 e. The summed E-state index contributed by atoms with van der Waals surface area (Å²) in [6, 6.07) is 1.26. The average molecular weight is 370 g/mol. The second-order valence-electron chi connectivity index (χ2n) is 4.27. The lowest BCUT2D eigenvalue weighted by Gasteiger charge is -2.26. The predicted octanol–water partition coefficient (Wildman–Crippen LogP) is 3.32. The second-order valence-corrected chi connectivity index (χ2v) is 5.47. The Hall–Kier alpha value is -1.50. The van der Waals surface area contributed by atoms with Crippen LogP contribution in [0.2, 0.25) is 10.0 Å². The Morgan fingerprint density at radius 1 is 1.32 bits per heavy atom. The van der Waals surface area contributed by atoms with E-state index in [1.807, 2.05) is 0 Å². The van der Waals surface area contributed by atoms with E-state index in [2.05, 4.69) is 10.1 Å². The van der Waals surface area contributed by atoms with Crippen molar-refractivity contribution in [3.05, 3.63) is 50.1 Å². The Balaban J connectivity index is 2.60. The normalized spacial score (nSPS) is 18.4. The van der Waals surface area contributed by atoms with Crippen LogP contribution in [0.3, 0.4) is 0 Å². The highest BCUT2D eigenvalue weighted by molar-refractivity contribution is 6.36. The van der Waals surface area contributed by atoms with Gasteiger partial charge in [0.2, 0.25) is 0 Å². The van der Waals surface area contributed by atoms with Crippen LogP contribution >= 0.6 is 34.8 Å². The number of methoxy groups -OCH3 is 1. The molecule has 1 heterocycles. The van der Waals surface area contributed by atoms with Crippen LogP contribution in [-0.2, 0) is 9.53 Å². The number of nitrogens with two attached hydrogens (primary N) is 1. The van der Waals surface area contributed by atoms with Gasteiger partial charge in [-0.05, 0) is 12.1 Å². The number of hydrogen-bond donors (Lipinski definition) is 2. The van der Waals surface area contributed by atoms with Gasteiger partial charge in [0.25, 0.3) is 0 Å². The third kappa shape index (κ3) is 2.74. The van der Waals surface area contributed by atoms with Gasteiger partial charge in [0, 0.05) is 5.56 Å². The number of nitrogens with one attached hydrogen (secondary N) is 1. The molecule has 1 atom stereocenters. The fourth-order valence-electron chi connectivity index (χ4n) is 1.86. The van der Waals surface area contributed by atoms with Crippen LogP contribution < -0.4 is 11.1 Å². The van der Waals surface area contributed by atoms with Crippen LogP contribution in [0.25, 0.3) is 5.70 Å². The number of esters is 1. The van der Waals surface area contributed by atoms with E-state index in [1.165, 1.54) is 12.1 Å². The molecule has 0 bridgehead atoms. The van der Waals surface area contributed by atoms with Crippen molar-refractivity contribution >= 4 is 46.5 Å². The first kappa shape index (κ1) is 16.9. The number of halogens is 5. The van der Waals surface area contributed by atoms with Gasteiger partial charge < -0.3 is 15.8 Å². The Kier molecular flexibility index (Phi) is 4.84. The summed E-state index contributed by atoms with van der Waals surface area (Å²) in [6.45, 7) is 0. The molecule has 1 aliphatic heterocycles. The van der Waals surface area contributed by atoms with Crippen LogP contribution in [-0.4, -0.2) is 19.1 Å². The summed E-state index contributed by atoms with van der Waals surface area (Å²) >= 11 is 17.3. The Morgan fingerprint density at radius 2 is 1.95 bits per heavy atom. The molecule has 0 saturated heterocycles. The zero-order valence-corrected chi connectivity index (χ0v) is 13.3. The fraction of sp³-hybridized carbons (Fsp3) is 0.154. The van der Waals surface area contributed by atoms with E-state index in [0.29, 0.717) is 0 Å². The summed E-state index contributed by atoms with van der Waals surface area (Å²) in [5.74, 6) is -2.67. The zero-order valence-electron chi connectivity index (χ0n) is 11.0. The molecule has 0 amide bonds. The first-order valence-corrected chi connectivity index (χ1v) is 6.96. The highest BCUT2D eigenvalue weighted by Crippen LogP contribution is 2.36. The monoisotopic (exact) mass is 368 g/mol. The van der Waals surface area contributed by atoms with Gasteiger partial charge in [0.15, 0.2) is 17.7 Å². The van der Waals surface area contributed by atoms with Crippen molar-refractivity contribution in [3.63, 3.8) is 0 Å². The third-order valence-electron chi connectivity index (χ3n) is 3.00. The molecule has 0 aliphatic carbocycles. The van der Waals surface area contributed by atoms with Gasteiger partial charge in [-0.3, -0.25) is 0 Å². The molecule has 118 valence electrons. The van der Waals surface area contributed by atoms with E-state index in [9.17, 15) is 13.6 Å². The van der Waals surface area contributed by atoms with Crippen LogP contribution in [0, 0.1) is 5.82 Å². The largest absolute Gasteiger partial charge is 0.467 e. The summed E-state index contributed by atoms with van der Waals surface area (Å²) in [5.41, 5.74) is 4.76. The summed E-state index contributed by atoms with van der Waals surface area (Å²) in [5, 5.41) is 1.60.